The second-order valence-electron chi connectivity index (χ2n) is 7.00. The summed E-state index contributed by atoms with van der Waals surface area (Å²) >= 11 is 0. The molecule has 1 saturated carbocycles. The second kappa shape index (κ2) is 8.34. The molecule has 0 atom stereocenters. The van der Waals surface area contributed by atoms with Gasteiger partial charge in [-0.05, 0) is 62.9 Å². The number of nitrogens with zero attached hydrogens (tertiary/aromatic N) is 1. The molecule has 1 aromatic rings. The Morgan fingerprint density at radius 1 is 1.16 bits per heavy atom. The molecule has 136 valence electrons. The van der Waals surface area contributed by atoms with E-state index in [1.807, 2.05) is 23.1 Å². The quantitative estimate of drug-likeness (QED) is 0.742. The molecule has 0 radical (unpaired) electrons. The van der Waals surface area contributed by atoms with Crippen LogP contribution in [0.2, 0.25) is 0 Å². The minimum atomic E-state index is -0.198. The lowest BCUT2D eigenvalue weighted by molar-refractivity contribution is 0.0690. The van der Waals surface area contributed by atoms with E-state index in [0.717, 1.165) is 51.9 Å². The maximum absolute atomic E-state index is 12.7. The summed E-state index contributed by atoms with van der Waals surface area (Å²) in [5, 5.41) is 9.08. The molecule has 2 fully saturated rings. The van der Waals surface area contributed by atoms with E-state index in [1.54, 1.807) is 6.07 Å². The molecular weight excluding hydrogens is 316 g/mol. The Labute approximate surface area is 149 Å². The number of hydrogen-bond acceptors (Lipinski definition) is 3. The van der Waals surface area contributed by atoms with Gasteiger partial charge in [-0.15, -0.1) is 0 Å². The van der Waals surface area contributed by atoms with Gasteiger partial charge in [-0.1, -0.05) is 13.0 Å². The van der Waals surface area contributed by atoms with E-state index >= 15 is 0 Å². The number of rotatable bonds is 6. The summed E-state index contributed by atoms with van der Waals surface area (Å²) in [4.78, 5) is 26.5. The highest BCUT2D eigenvalue weighted by molar-refractivity contribution is 5.97. The highest BCUT2D eigenvalue weighted by Gasteiger charge is 2.24. The summed E-state index contributed by atoms with van der Waals surface area (Å²) in [7, 11) is 0. The van der Waals surface area contributed by atoms with Crippen molar-refractivity contribution in [3.8, 4) is 0 Å². The van der Waals surface area contributed by atoms with Crippen molar-refractivity contribution in [3.05, 3.63) is 29.8 Å². The van der Waals surface area contributed by atoms with Gasteiger partial charge in [-0.3, -0.25) is 4.79 Å². The van der Waals surface area contributed by atoms with E-state index in [2.05, 4.69) is 22.9 Å². The number of piperidine rings is 1. The molecule has 1 heterocycles. The van der Waals surface area contributed by atoms with Crippen molar-refractivity contribution in [2.75, 3.05) is 31.5 Å². The number of hydrogen-bond donors (Lipinski definition) is 3. The topological polar surface area (TPSA) is 73.5 Å². The van der Waals surface area contributed by atoms with Crippen LogP contribution in [0.4, 0.5) is 10.5 Å². The minimum absolute atomic E-state index is 0.0492. The maximum atomic E-state index is 12.7. The fourth-order valence-electron chi connectivity index (χ4n) is 3.18. The van der Waals surface area contributed by atoms with Crippen LogP contribution in [-0.4, -0.2) is 49.1 Å². The average Bonchev–Trinajstić information content (AvgIpc) is 3.44. The first-order valence-electron chi connectivity index (χ1n) is 9.33. The normalized spacial score (nSPS) is 18.0. The van der Waals surface area contributed by atoms with E-state index in [4.69, 9.17) is 0 Å². The van der Waals surface area contributed by atoms with Crippen LogP contribution in [0.5, 0.6) is 0 Å². The first-order valence-corrected chi connectivity index (χ1v) is 9.33. The fraction of sp³-hybridized carbons (Fsp3) is 0.579. The number of likely N-dealkylation sites (tertiary alicyclic amines) is 1. The summed E-state index contributed by atoms with van der Waals surface area (Å²) in [6.45, 7) is 5.75. The lowest BCUT2D eigenvalue weighted by Gasteiger charge is -2.32. The van der Waals surface area contributed by atoms with Gasteiger partial charge in [0.25, 0.3) is 5.91 Å². The summed E-state index contributed by atoms with van der Waals surface area (Å²) in [5.41, 5.74) is 1.29. The Kier molecular flexibility index (Phi) is 5.91. The number of urea groups is 1. The molecular formula is C19H28N4O2. The zero-order valence-corrected chi connectivity index (χ0v) is 14.9. The second-order valence-corrected chi connectivity index (χ2v) is 7.00. The summed E-state index contributed by atoms with van der Waals surface area (Å²) in [6, 6.07) is 7.32. The van der Waals surface area contributed by atoms with Crippen molar-refractivity contribution >= 4 is 17.6 Å². The molecule has 3 rings (SSSR count). The lowest BCUT2D eigenvalue weighted by atomic mass is 9.96. The van der Waals surface area contributed by atoms with E-state index in [1.165, 1.54) is 0 Å². The molecule has 0 aromatic heterocycles. The number of carbonyl (C=O) groups excluding carboxylic acids is 2. The summed E-state index contributed by atoms with van der Waals surface area (Å²) in [6.07, 6.45) is 4.19. The van der Waals surface area contributed by atoms with Gasteiger partial charge in [0.05, 0.1) is 0 Å². The Hall–Kier alpha value is -2.08. The van der Waals surface area contributed by atoms with Gasteiger partial charge in [0.1, 0.15) is 0 Å². The molecule has 0 bridgehead atoms. The predicted molar refractivity (Wildman–Crippen MR) is 98.8 cm³/mol. The first-order chi connectivity index (χ1) is 12.2. The highest BCUT2D eigenvalue weighted by Crippen LogP contribution is 2.21. The van der Waals surface area contributed by atoms with Gasteiger partial charge in [-0.25, -0.2) is 4.79 Å². The third kappa shape index (κ3) is 5.19. The molecule has 0 spiro atoms. The Morgan fingerprint density at radius 3 is 2.60 bits per heavy atom. The Bertz CT molecular complexity index is 607. The number of amides is 3. The van der Waals surface area contributed by atoms with Crippen molar-refractivity contribution in [2.45, 2.75) is 38.6 Å². The smallest absolute Gasteiger partial charge is 0.319 e. The van der Waals surface area contributed by atoms with E-state index in [0.29, 0.717) is 23.2 Å². The Balaban J connectivity index is 1.53. The number of nitrogens with one attached hydrogen (secondary N) is 3. The lowest BCUT2D eigenvalue weighted by Crippen LogP contribution is -2.40. The maximum Gasteiger partial charge on any atom is 0.319 e. The van der Waals surface area contributed by atoms with Crippen molar-refractivity contribution in [3.63, 3.8) is 0 Å². The van der Waals surface area contributed by atoms with Crippen molar-refractivity contribution in [1.82, 2.24) is 15.5 Å². The van der Waals surface area contributed by atoms with Crippen LogP contribution >= 0.6 is 0 Å². The fourth-order valence-corrected chi connectivity index (χ4v) is 3.18. The molecule has 3 N–H and O–H groups in total. The van der Waals surface area contributed by atoms with E-state index in [-0.39, 0.29) is 11.9 Å². The van der Waals surface area contributed by atoms with Crippen LogP contribution in [0, 0.1) is 5.92 Å². The molecule has 6 nitrogen and oxygen atoms in total. The molecule has 6 heteroatoms. The first kappa shape index (κ1) is 17.7. The van der Waals surface area contributed by atoms with Gasteiger partial charge in [0, 0.05) is 30.4 Å². The van der Waals surface area contributed by atoms with E-state index in [9.17, 15) is 9.59 Å². The predicted octanol–water partition coefficient (Wildman–Crippen LogP) is 2.43. The molecule has 1 aliphatic carbocycles. The molecule has 0 unspecified atom stereocenters. The molecule has 3 amide bonds. The van der Waals surface area contributed by atoms with Crippen LogP contribution in [-0.2, 0) is 0 Å². The minimum Gasteiger partial charge on any atom is -0.339 e. The van der Waals surface area contributed by atoms with Crippen LogP contribution in [0.1, 0.15) is 43.0 Å². The average molecular weight is 344 g/mol. The van der Waals surface area contributed by atoms with Crippen molar-refractivity contribution in [1.29, 1.82) is 0 Å². The standard InChI is InChI=1S/C19H28N4O2/c1-2-20-13-14-8-10-23(11-9-14)18(24)15-4-3-5-17(12-15)22-19(25)21-16-6-7-16/h3-5,12,14,16,20H,2,6-11,13H2,1H3,(H2,21,22,25). The van der Waals surface area contributed by atoms with Crippen LogP contribution in [0.3, 0.4) is 0 Å². The zero-order chi connectivity index (χ0) is 17.6. The van der Waals surface area contributed by atoms with Gasteiger partial charge in [0.15, 0.2) is 0 Å². The van der Waals surface area contributed by atoms with Gasteiger partial charge >= 0.3 is 6.03 Å². The van der Waals surface area contributed by atoms with Gasteiger partial charge in [0.2, 0.25) is 0 Å². The highest BCUT2D eigenvalue weighted by atomic mass is 16.2. The van der Waals surface area contributed by atoms with Crippen molar-refractivity contribution in [2.24, 2.45) is 5.92 Å². The number of carbonyl (C=O) groups is 2. The molecule has 1 saturated heterocycles. The third-order valence-electron chi connectivity index (χ3n) is 4.86. The van der Waals surface area contributed by atoms with Crippen molar-refractivity contribution < 1.29 is 9.59 Å². The Morgan fingerprint density at radius 2 is 1.92 bits per heavy atom. The largest absolute Gasteiger partial charge is 0.339 e. The summed E-state index contributed by atoms with van der Waals surface area (Å²) < 4.78 is 0. The summed E-state index contributed by atoms with van der Waals surface area (Å²) in [5.74, 6) is 0.705. The van der Waals surface area contributed by atoms with Gasteiger partial charge < -0.3 is 20.9 Å². The molecule has 1 aliphatic heterocycles. The van der Waals surface area contributed by atoms with Gasteiger partial charge in [-0.2, -0.15) is 0 Å². The third-order valence-corrected chi connectivity index (χ3v) is 4.86. The molecule has 1 aromatic carbocycles. The van der Waals surface area contributed by atoms with E-state index < -0.39 is 0 Å². The SMILES string of the molecule is CCNCC1CCN(C(=O)c2cccc(NC(=O)NC3CC3)c2)CC1. The van der Waals surface area contributed by atoms with Crippen LogP contribution in [0.15, 0.2) is 24.3 Å². The zero-order valence-electron chi connectivity index (χ0n) is 14.9. The van der Waals surface area contributed by atoms with Crippen LogP contribution in [0.25, 0.3) is 0 Å². The molecule has 2 aliphatic rings. The van der Waals surface area contributed by atoms with Crippen LogP contribution < -0.4 is 16.0 Å². The monoisotopic (exact) mass is 344 g/mol. The molecule has 25 heavy (non-hydrogen) atoms. The number of anilines is 1. The number of benzene rings is 1.